The normalized spacial score (nSPS) is 25.1. The lowest BCUT2D eigenvalue weighted by Crippen LogP contribution is -2.27. The molecule has 0 spiro atoms. The summed E-state index contributed by atoms with van der Waals surface area (Å²) < 4.78 is 0. The average molecular weight is 218 g/mol. The second-order valence-corrected chi connectivity index (χ2v) is 5.01. The molecule has 2 fully saturated rings. The fraction of sp³-hybridized carbons (Fsp3) is 0.667. The highest BCUT2D eigenvalue weighted by atomic mass is 15.2. The Labute approximate surface area is 95.9 Å². The van der Waals surface area contributed by atoms with E-state index in [9.17, 15) is 0 Å². The summed E-state index contributed by atoms with van der Waals surface area (Å²) in [7, 11) is 0. The van der Waals surface area contributed by atoms with Crippen molar-refractivity contribution in [2.24, 2.45) is 11.7 Å². The number of rotatable bonds is 3. The van der Waals surface area contributed by atoms with E-state index in [-0.39, 0.29) is 0 Å². The van der Waals surface area contributed by atoms with E-state index in [0.29, 0.717) is 6.04 Å². The molecular formula is C12H18N4. The SMILES string of the molecule is NC1CCN(c2cc(CC3CC3)ncn2)C1. The standard InChI is InChI=1S/C12H18N4/c13-10-3-4-16(7-10)12-6-11(14-8-15-12)5-9-1-2-9/h6,8-10H,1-5,7,13H2. The van der Waals surface area contributed by atoms with Crippen molar-refractivity contribution in [1.82, 2.24) is 9.97 Å². The molecule has 1 aliphatic carbocycles. The van der Waals surface area contributed by atoms with Gasteiger partial charge in [-0.3, -0.25) is 0 Å². The Bertz CT molecular complexity index is 375. The molecule has 2 aliphatic rings. The summed E-state index contributed by atoms with van der Waals surface area (Å²) in [5.74, 6) is 1.93. The summed E-state index contributed by atoms with van der Waals surface area (Å²) in [4.78, 5) is 11.0. The van der Waals surface area contributed by atoms with Crippen molar-refractivity contribution in [2.45, 2.75) is 31.7 Å². The summed E-state index contributed by atoms with van der Waals surface area (Å²) in [5, 5.41) is 0. The number of hydrogen-bond donors (Lipinski definition) is 1. The van der Waals surface area contributed by atoms with E-state index in [2.05, 4.69) is 20.9 Å². The Morgan fingerprint density at radius 2 is 2.19 bits per heavy atom. The monoisotopic (exact) mass is 218 g/mol. The topological polar surface area (TPSA) is 55.0 Å². The third-order valence-corrected chi connectivity index (χ3v) is 3.45. The van der Waals surface area contributed by atoms with Crippen LogP contribution >= 0.6 is 0 Å². The van der Waals surface area contributed by atoms with E-state index in [1.165, 1.54) is 18.5 Å². The van der Waals surface area contributed by atoms with Gasteiger partial charge in [0.1, 0.15) is 12.1 Å². The molecule has 0 amide bonds. The average Bonchev–Trinajstić information content (AvgIpc) is 2.98. The molecule has 0 bridgehead atoms. The molecule has 2 heterocycles. The third kappa shape index (κ3) is 2.16. The van der Waals surface area contributed by atoms with Gasteiger partial charge in [-0.05, 0) is 31.6 Å². The van der Waals surface area contributed by atoms with Gasteiger partial charge < -0.3 is 10.6 Å². The summed E-state index contributed by atoms with van der Waals surface area (Å²) in [5.41, 5.74) is 7.09. The van der Waals surface area contributed by atoms with Gasteiger partial charge in [0.15, 0.2) is 0 Å². The highest BCUT2D eigenvalue weighted by Crippen LogP contribution is 2.32. The fourth-order valence-electron chi connectivity index (χ4n) is 2.28. The molecule has 0 aromatic carbocycles. The first-order valence-electron chi connectivity index (χ1n) is 6.13. The number of nitrogens with zero attached hydrogens (tertiary/aromatic N) is 3. The van der Waals surface area contributed by atoms with Gasteiger partial charge in [-0.2, -0.15) is 0 Å². The molecule has 3 rings (SSSR count). The quantitative estimate of drug-likeness (QED) is 0.821. The Hall–Kier alpha value is -1.16. The van der Waals surface area contributed by atoms with Gasteiger partial charge in [-0.15, -0.1) is 0 Å². The lowest BCUT2D eigenvalue weighted by Gasteiger charge is -2.16. The van der Waals surface area contributed by atoms with Crippen LogP contribution in [0.15, 0.2) is 12.4 Å². The minimum atomic E-state index is 0.307. The fourth-order valence-corrected chi connectivity index (χ4v) is 2.28. The number of aromatic nitrogens is 2. The summed E-state index contributed by atoms with van der Waals surface area (Å²) in [6, 6.07) is 2.44. The smallest absolute Gasteiger partial charge is 0.132 e. The van der Waals surface area contributed by atoms with Gasteiger partial charge in [-0.1, -0.05) is 0 Å². The minimum absolute atomic E-state index is 0.307. The molecule has 0 radical (unpaired) electrons. The largest absolute Gasteiger partial charge is 0.355 e. The lowest BCUT2D eigenvalue weighted by atomic mass is 10.2. The van der Waals surface area contributed by atoms with Crippen molar-refractivity contribution < 1.29 is 0 Å². The Morgan fingerprint density at radius 3 is 2.88 bits per heavy atom. The van der Waals surface area contributed by atoms with E-state index < -0.39 is 0 Å². The van der Waals surface area contributed by atoms with E-state index >= 15 is 0 Å². The van der Waals surface area contributed by atoms with Crippen LogP contribution in [0.4, 0.5) is 5.82 Å². The molecule has 1 aromatic heterocycles. The van der Waals surface area contributed by atoms with Crippen LogP contribution in [-0.4, -0.2) is 29.1 Å². The van der Waals surface area contributed by atoms with E-state index in [1.54, 1.807) is 6.33 Å². The predicted octanol–water partition coefficient (Wildman–Crippen LogP) is 0.966. The van der Waals surface area contributed by atoms with Crippen LogP contribution in [0.25, 0.3) is 0 Å². The predicted molar refractivity (Wildman–Crippen MR) is 63.3 cm³/mol. The summed E-state index contributed by atoms with van der Waals surface area (Å²) >= 11 is 0. The van der Waals surface area contributed by atoms with Crippen LogP contribution in [0.5, 0.6) is 0 Å². The second kappa shape index (κ2) is 4.01. The summed E-state index contributed by atoms with van der Waals surface area (Å²) in [6.45, 7) is 1.96. The highest BCUT2D eigenvalue weighted by molar-refractivity contribution is 5.40. The van der Waals surface area contributed by atoms with Crippen LogP contribution in [0.3, 0.4) is 0 Å². The van der Waals surface area contributed by atoms with Crippen molar-refractivity contribution in [3.05, 3.63) is 18.1 Å². The van der Waals surface area contributed by atoms with Gasteiger partial charge >= 0.3 is 0 Å². The zero-order valence-corrected chi connectivity index (χ0v) is 9.47. The molecule has 1 saturated carbocycles. The number of anilines is 1. The van der Waals surface area contributed by atoms with Crippen LogP contribution < -0.4 is 10.6 Å². The first kappa shape index (κ1) is 10.0. The molecule has 1 aliphatic heterocycles. The number of hydrogen-bond acceptors (Lipinski definition) is 4. The first-order chi connectivity index (χ1) is 7.81. The Morgan fingerprint density at radius 1 is 1.31 bits per heavy atom. The van der Waals surface area contributed by atoms with Crippen molar-refractivity contribution in [1.29, 1.82) is 0 Å². The third-order valence-electron chi connectivity index (χ3n) is 3.45. The van der Waals surface area contributed by atoms with Crippen LogP contribution in [-0.2, 0) is 6.42 Å². The highest BCUT2D eigenvalue weighted by Gasteiger charge is 2.24. The maximum absolute atomic E-state index is 5.91. The maximum atomic E-state index is 5.91. The second-order valence-electron chi connectivity index (χ2n) is 5.01. The first-order valence-corrected chi connectivity index (χ1v) is 6.13. The zero-order chi connectivity index (χ0) is 11.0. The molecule has 16 heavy (non-hydrogen) atoms. The lowest BCUT2D eigenvalue weighted by molar-refractivity contribution is 0.750. The molecule has 2 N–H and O–H groups in total. The molecule has 86 valence electrons. The van der Waals surface area contributed by atoms with E-state index in [0.717, 1.165) is 37.7 Å². The van der Waals surface area contributed by atoms with Gasteiger partial charge in [0.25, 0.3) is 0 Å². The molecule has 1 atom stereocenters. The number of nitrogens with two attached hydrogens (primary N) is 1. The molecular weight excluding hydrogens is 200 g/mol. The Balaban J connectivity index is 1.73. The van der Waals surface area contributed by atoms with Crippen LogP contribution in [0, 0.1) is 5.92 Å². The van der Waals surface area contributed by atoms with Gasteiger partial charge in [0.05, 0.1) is 0 Å². The maximum Gasteiger partial charge on any atom is 0.132 e. The van der Waals surface area contributed by atoms with Crippen LogP contribution in [0.2, 0.25) is 0 Å². The molecule has 1 saturated heterocycles. The Kier molecular flexibility index (Phi) is 2.52. The van der Waals surface area contributed by atoms with Crippen molar-refractivity contribution in [3.63, 3.8) is 0 Å². The molecule has 4 heteroatoms. The van der Waals surface area contributed by atoms with Crippen molar-refractivity contribution >= 4 is 5.82 Å². The van der Waals surface area contributed by atoms with Gasteiger partial charge in [0, 0.05) is 30.9 Å². The van der Waals surface area contributed by atoms with Gasteiger partial charge in [-0.25, -0.2) is 9.97 Å². The van der Waals surface area contributed by atoms with E-state index in [4.69, 9.17) is 5.73 Å². The zero-order valence-electron chi connectivity index (χ0n) is 9.47. The molecule has 1 unspecified atom stereocenters. The minimum Gasteiger partial charge on any atom is -0.355 e. The van der Waals surface area contributed by atoms with Crippen molar-refractivity contribution in [2.75, 3.05) is 18.0 Å². The summed E-state index contributed by atoms with van der Waals surface area (Å²) in [6.07, 6.45) is 6.62. The van der Waals surface area contributed by atoms with Crippen molar-refractivity contribution in [3.8, 4) is 0 Å². The molecule has 4 nitrogen and oxygen atoms in total. The molecule has 1 aromatic rings. The van der Waals surface area contributed by atoms with Crippen LogP contribution in [0.1, 0.15) is 25.0 Å². The van der Waals surface area contributed by atoms with E-state index in [1.807, 2.05) is 0 Å². The van der Waals surface area contributed by atoms with Gasteiger partial charge in [0.2, 0.25) is 0 Å².